The molecule has 4 saturated carbocycles. The van der Waals surface area contributed by atoms with Crippen molar-refractivity contribution in [1.82, 2.24) is 0 Å². The summed E-state index contributed by atoms with van der Waals surface area (Å²) in [5.41, 5.74) is 0.0350. The molecule has 9 atom stereocenters. The highest BCUT2D eigenvalue weighted by Crippen LogP contribution is 2.68. The van der Waals surface area contributed by atoms with Crippen LogP contribution in [0.15, 0.2) is 0 Å². The normalized spacial score (nSPS) is 55.2. The monoisotopic (exact) mass is 458 g/mol. The van der Waals surface area contributed by atoms with Crippen LogP contribution in [0.2, 0.25) is 0 Å². The number of aliphatic hydroxyl groups is 1. The number of carbonyl (C=O) groups excluding carboxylic acids is 2. The second-order valence-electron chi connectivity index (χ2n) is 9.87. The van der Waals surface area contributed by atoms with Gasteiger partial charge < -0.3 is 5.11 Å². The Morgan fingerprint density at radius 2 is 1.88 bits per heavy atom. The van der Waals surface area contributed by atoms with Gasteiger partial charge in [-0.15, -0.1) is 0 Å². The molecule has 0 radical (unpaired) electrons. The third-order valence-electron chi connectivity index (χ3n) is 8.94. The first-order valence-electron chi connectivity index (χ1n) is 10.0. The lowest BCUT2D eigenvalue weighted by atomic mass is 9.44. The molecule has 0 amide bonds. The quantitative estimate of drug-likeness (QED) is 0.474. The van der Waals surface area contributed by atoms with E-state index in [-0.39, 0.29) is 22.9 Å². The van der Waals surface area contributed by atoms with E-state index in [0.717, 1.165) is 32.1 Å². The number of alkyl halides is 1. The van der Waals surface area contributed by atoms with Crippen LogP contribution < -0.4 is 0 Å². The number of hydrogen-bond acceptors (Lipinski definition) is 3. The molecule has 0 spiro atoms. The van der Waals surface area contributed by atoms with Crippen molar-refractivity contribution in [3.05, 3.63) is 0 Å². The van der Waals surface area contributed by atoms with Crippen LogP contribution in [-0.2, 0) is 9.59 Å². The molecule has 4 aliphatic rings. The second-order valence-corrected chi connectivity index (χ2v) is 11.4. The van der Waals surface area contributed by atoms with Crippen LogP contribution in [0.1, 0.15) is 65.7 Å². The van der Waals surface area contributed by atoms with E-state index in [1.165, 1.54) is 0 Å². The van der Waals surface area contributed by atoms with Crippen LogP contribution in [0, 0.1) is 40.4 Å². The summed E-state index contributed by atoms with van der Waals surface area (Å²) in [5, 5.41) is 11.3. The van der Waals surface area contributed by atoms with Crippen molar-refractivity contribution in [2.45, 2.75) is 75.7 Å². The first-order valence-corrected chi connectivity index (χ1v) is 11.3. The third-order valence-corrected chi connectivity index (χ3v) is 10.7. The molecule has 4 rings (SSSR count). The van der Waals surface area contributed by atoms with Gasteiger partial charge in [0.05, 0.1) is 6.10 Å². The van der Waals surface area contributed by atoms with E-state index >= 15 is 0 Å². The van der Waals surface area contributed by atoms with Crippen molar-refractivity contribution in [2.75, 3.05) is 0 Å². The van der Waals surface area contributed by atoms with E-state index in [1.807, 2.05) is 0 Å². The van der Waals surface area contributed by atoms with Crippen molar-refractivity contribution in [3.63, 3.8) is 0 Å². The molecule has 0 heterocycles. The molecule has 4 aliphatic carbocycles. The van der Waals surface area contributed by atoms with Gasteiger partial charge >= 0.3 is 0 Å². The molecule has 0 unspecified atom stereocenters. The number of hydrogen-bond donors (Lipinski definition) is 1. The highest BCUT2D eigenvalue weighted by atomic mass is 127. The van der Waals surface area contributed by atoms with Crippen LogP contribution in [0.5, 0.6) is 0 Å². The Morgan fingerprint density at radius 3 is 2.56 bits per heavy atom. The number of fused-ring (bicyclic) bond motifs is 5. The summed E-state index contributed by atoms with van der Waals surface area (Å²) < 4.78 is 0.327. The predicted molar refractivity (Wildman–Crippen MR) is 105 cm³/mol. The van der Waals surface area contributed by atoms with E-state index < -0.39 is 0 Å². The molecule has 0 aliphatic heterocycles. The molecule has 4 fully saturated rings. The molecule has 25 heavy (non-hydrogen) atoms. The predicted octanol–water partition coefficient (Wildman–Crippen LogP) is 4.19. The molecule has 140 valence electrons. The average Bonchev–Trinajstić information content (AvgIpc) is 2.85. The molecule has 0 aromatic carbocycles. The van der Waals surface area contributed by atoms with Gasteiger partial charge in [0, 0.05) is 22.7 Å². The van der Waals surface area contributed by atoms with Crippen molar-refractivity contribution >= 4 is 34.2 Å². The number of Topliss-reactive ketones (excluding diaryl/α,β-unsaturated/α-hetero) is 2. The van der Waals surface area contributed by atoms with Crippen LogP contribution in [0.4, 0.5) is 0 Å². The maximum absolute atomic E-state index is 12.2. The SMILES string of the molecule is CC(=O)[C@H]1CC[C@H]2[C@@H]3CC[C@@H]4CC(=O)C[C@H](I)[C@]4(C)[C@H]3[C@H](O)C[C@]12C. The van der Waals surface area contributed by atoms with E-state index in [2.05, 4.69) is 36.4 Å². The fraction of sp³-hybridized carbons (Fsp3) is 0.905. The smallest absolute Gasteiger partial charge is 0.134 e. The topological polar surface area (TPSA) is 54.4 Å². The fourth-order valence-corrected chi connectivity index (χ4v) is 9.25. The maximum Gasteiger partial charge on any atom is 0.134 e. The molecular formula is C21H31IO3. The van der Waals surface area contributed by atoms with Crippen LogP contribution in [-0.4, -0.2) is 26.7 Å². The molecule has 1 N–H and O–H groups in total. The van der Waals surface area contributed by atoms with Gasteiger partial charge in [-0.3, -0.25) is 9.59 Å². The Morgan fingerprint density at radius 1 is 1.16 bits per heavy atom. The van der Waals surface area contributed by atoms with Gasteiger partial charge in [-0.2, -0.15) is 0 Å². The van der Waals surface area contributed by atoms with Crippen molar-refractivity contribution < 1.29 is 14.7 Å². The van der Waals surface area contributed by atoms with Gasteiger partial charge in [0.2, 0.25) is 0 Å². The van der Waals surface area contributed by atoms with Crippen LogP contribution in [0.25, 0.3) is 0 Å². The molecule has 4 heteroatoms. The highest BCUT2D eigenvalue weighted by Gasteiger charge is 2.65. The van der Waals surface area contributed by atoms with Crippen LogP contribution >= 0.6 is 22.6 Å². The second kappa shape index (κ2) is 6.02. The van der Waals surface area contributed by atoms with Crippen LogP contribution in [0.3, 0.4) is 0 Å². The van der Waals surface area contributed by atoms with E-state index in [4.69, 9.17) is 0 Å². The lowest BCUT2D eigenvalue weighted by Gasteiger charge is -2.63. The minimum atomic E-state index is -0.329. The number of halogens is 1. The summed E-state index contributed by atoms with van der Waals surface area (Å²) in [6.07, 6.45) is 6.20. The summed E-state index contributed by atoms with van der Waals surface area (Å²) in [7, 11) is 0. The highest BCUT2D eigenvalue weighted by molar-refractivity contribution is 14.1. The maximum atomic E-state index is 12.2. The largest absolute Gasteiger partial charge is 0.393 e. The molecule has 0 aromatic heterocycles. The molecular weight excluding hydrogens is 427 g/mol. The summed E-state index contributed by atoms with van der Waals surface area (Å²) in [6.45, 7) is 6.38. The van der Waals surface area contributed by atoms with Crippen molar-refractivity contribution in [1.29, 1.82) is 0 Å². The first kappa shape index (κ1) is 18.4. The zero-order valence-corrected chi connectivity index (χ0v) is 17.8. The summed E-state index contributed by atoms with van der Waals surface area (Å²) >= 11 is 2.49. The Hall–Kier alpha value is 0.0300. The van der Waals surface area contributed by atoms with Gasteiger partial charge in [0.1, 0.15) is 11.6 Å². The Labute approximate surface area is 164 Å². The third kappa shape index (κ3) is 2.45. The molecule has 0 aromatic rings. The van der Waals surface area contributed by atoms with Gasteiger partial charge in [-0.25, -0.2) is 0 Å². The fourth-order valence-electron chi connectivity index (χ4n) is 7.84. The van der Waals surface area contributed by atoms with Gasteiger partial charge in [-0.05, 0) is 73.5 Å². The first-order chi connectivity index (χ1) is 11.7. The standard InChI is InChI=1S/C21H31IO3/c1-11(23)15-6-7-16-14-5-4-12-8-13(24)9-18(22)21(12,3)19(14)17(25)10-20(15,16)2/h12,14-19,25H,4-10H2,1-3H3/t12-,14+,15-,16+,17-,18+,19-,20-,21-/m1/s1. The Balaban J connectivity index is 1.71. The molecule has 0 saturated heterocycles. The summed E-state index contributed by atoms with van der Waals surface area (Å²) in [6, 6.07) is 0. The van der Waals surface area contributed by atoms with E-state index in [1.54, 1.807) is 6.92 Å². The summed E-state index contributed by atoms with van der Waals surface area (Å²) in [5.74, 6) is 2.66. The van der Waals surface area contributed by atoms with Crippen molar-refractivity contribution in [2.24, 2.45) is 40.4 Å². The van der Waals surface area contributed by atoms with Gasteiger partial charge in [0.25, 0.3) is 0 Å². The van der Waals surface area contributed by atoms with Gasteiger partial charge in [-0.1, -0.05) is 36.4 Å². The van der Waals surface area contributed by atoms with E-state index in [0.29, 0.717) is 52.0 Å². The zero-order chi connectivity index (χ0) is 18.1. The number of rotatable bonds is 1. The number of carbonyl (C=O) groups is 2. The lowest BCUT2D eigenvalue weighted by molar-refractivity contribution is -0.170. The summed E-state index contributed by atoms with van der Waals surface area (Å²) in [4.78, 5) is 24.4. The van der Waals surface area contributed by atoms with Gasteiger partial charge in [0.15, 0.2) is 0 Å². The Bertz CT molecular complexity index is 604. The number of ketones is 2. The van der Waals surface area contributed by atoms with Crippen molar-refractivity contribution in [3.8, 4) is 0 Å². The average molecular weight is 458 g/mol. The molecule has 0 bridgehead atoms. The minimum Gasteiger partial charge on any atom is -0.393 e. The Kier molecular flexibility index (Phi) is 4.43. The zero-order valence-electron chi connectivity index (χ0n) is 15.6. The van der Waals surface area contributed by atoms with E-state index in [9.17, 15) is 14.7 Å². The number of aliphatic hydroxyl groups excluding tert-OH is 1. The molecule has 3 nitrogen and oxygen atoms in total. The lowest BCUT2D eigenvalue weighted by Crippen LogP contribution is -2.62. The minimum absolute atomic E-state index is 0.0269.